The van der Waals surface area contributed by atoms with E-state index in [2.05, 4.69) is 5.32 Å². The SMILES string of the molecule is O=C(O)C(Nc1ccc(O)cc1)c1ccccc1. The molecule has 0 aliphatic heterocycles. The number of phenols is 1. The molecule has 0 saturated heterocycles. The molecule has 2 rings (SSSR count). The minimum absolute atomic E-state index is 0.145. The zero-order valence-electron chi connectivity index (χ0n) is 9.58. The first kappa shape index (κ1) is 12.0. The van der Waals surface area contributed by atoms with Gasteiger partial charge in [0, 0.05) is 5.69 Å². The smallest absolute Gasteiger partial charge is 0.330 e. The second-order valence-corrected chi connectivity index (χ2v) is 3.87. The largest absolute Gasteiger partial charge is 0.508 e. The van der Waals surface area contributed by atoms with Crippen molar-refractivity contribution in [1.29, 1.82) is 0 Å². The predicted molar refractivity (Wildman–Crippen MR) is 68.5 cm³/mol. The van der Waals surface area contributed by atoms with Crippen LogP contribution < -0.4 is 5.32 Å². The second-order valence-electron chi connectivity index (χ2n) is 3.87. The normalized spacial score (nSPS) is 11.8. The number of rotatable bonds is 4. The van der Waals surface area contributed by atoms with Crippen molar-refractivity contribution >= 4 is 11.7 Å². The standard InChI is InChI=1S/C14H13NO3/c16-12-8-6-11(7-9-12)15-13(14(17)18)10-4-2-1-3-5-10/h1-9,13,15-16H,(H,17,18). The van der Waals surface area contributed by atoms with E-state index in [4.69, 9.17) is 0 Å². The summed E-state index contributed by atoms with van der Waals surface area (Å²) in [6, 6.07) is 14.4. The minimum atomic E-state index is -0.950. The predicted octanol–water partition coefficient (Wildman–Crippen LogP) is 2.63. The Balaban J connectivity index is 2.22. The molecule has 4 heteroatoms. The van der Waals surface area contributed by atoms with Gasteiger partial charge < -0.3 is 15.5 Å². The van der Waals surface area contributed by atoms with E-state index in [1.54, 1.807) is 36.4 Å². The first-order valence-corrected chi connectivity index (χ1v) is 5.50. The van der Waals surface area contributed by atoms with E-state index in [9.17, 15) is 15.0 Å². The summed E-state index contributed by atoms with van der Waals surface area (Å²) >= 11 is 0. The van der Waals surface area contributed by atoms with Crippen LogP contribution in [0.3, 0.4) is 0 Å². The molecule has 1 unspecified atom stereocenters. The number of carbonyl (C=O) groups is 1. The van der Waals surface area contributed by atoms with Crippen LogP contribution in [0.2, 0.25) is 0 Å². The van der Waals surface area contributed by atoms with E-state index in [0.29, 0.717) is 11.3 Å². The Bertz CT molecular complexity index is 522. The number of nitrogens with one attached hydrogen (secondary N) is 1. The molecule has 0 radical (unpaired) electrons. The van der Waals surface area contributed by atoms with Gasteiger partial charge in [0.15, 0.2) is 6.04 Å². The molecule has 2 aromatic rings. The molecule has 0 amide bonds. The van der Waals surface area contributed by atoms with Crippen LogP contribution in [0.5, 0.6) is 5.75 Å². The molecule has 4 nitrogen and oxygen atoms in total. The first-order valence-electron chi connectivity index (χ1n) is 5.50. The van der Waals surface area contributed by atoms with Crippen molar-refractivity contribution in [1.82, 2.24) is 0 Å². The molecule has 0 fully saturated rings. The Hall–Kier alpha value is -2.49. The molecular weight excluding hydrogens is 230 g/mol. The van der Waals surface area contributed by atoms with Gasteiger partial charge in [-0.05, 0) is 29.8 Å². The van der Waals surface area contributed by atoms with Gasteiger partial charge in [0.1, 0.15) is 5.75 Å². The monoisotopic (exact) mass is 243 g/mol. The molecule has 3 N–H and O–H groups in total. The highest BCUT2D eigenvalue weighted by molar-refractivity contribution is 5.79. The number of phenolic OH excluding ortho intramolecular Hbond substituents is 1. The number of aliphatic carboxylic acids is 1. The Morgan fingerprint density at radius 3 is 2.17 bits per heavy atom. The lowest BCUT2D eigenvalue weighted by Gasteiger charge is -2.16. The van der Waals surface area contributed by atoms with Gasteiger partial charge in [-0.3, -0.25) is 0 Å². The zero-order valence-corrected chi connectivity index (χ0v) is 9.58. The van der Waals surface area contributed by atoms with Crippen molar-refractivity contribution in [3.8, 4) is 5.75 Å². The van der Waals surface area contributed by atoms with Crippen molar-refractivity contribution in [2.24, 2.45) is 0 Å². The van der Waals surface area contributed by atoms with Crippen LogP contribution in [0.25, 0.3) is 0 Å². The number of anilines is 1. The molecule has 0 spiro atoms. The molecule has 2 aromatic carbocycles. The highest BCUT2D eigenvalue weighted by Gasteiger charge is 2.18. The first-order chi connectivity index (χ1) is 8.66. The molecule has 1 atom stereocenters. The maximum Gasteiger partial charge on any atom is 0.330 e. The molecular formula is C14H13NO3. The van der Waals surface area contributed by atoms with Gasteiger partial charge in [-0.2, -0.15) is 0 Å². The van der Waals surface area contributed by atoms with Crippen LogP contribution >= 0.6 is 0 Å². The van der Waals surface area contributed by atoms with Crippen molar-refractivity contribution < 1.29 is 15.0 Å². The summed E-state index contributed by atoms with van der Waals surface area (Å²) in [4.78, 5) is 11.3. The molecule has 92 valence electrons. The van der Waals surface area contributed by atoms with Gasteiger partial charge in [-0.1, -0.05) is 30.3 Å². The molecule has 0 aromatic heterocycles. The number of hydrogen-bond donors (Lipinski definition) is 3. The minimum Gasteiger partial charge on any atom is -0.508 e. The Morgan fingerprint density at radius 1 is 1.00 bits per heavy atom. The van der Waals surface area contributed by atoms with Gasteiger partial charge >= 0.3 is 5.97 Å². The topological polar surface area (TPSA) is 69.6 Å². The summed E-state index contributed by atoms with van der Waals surface area (Å²) in [7, 11) is 0. The van der Waals surface area contributed by atoms with E-state index < -0.39 is 12.0 Å². The number of benzene rings is 2. The average molecular weight is 243 g/mol. The van der Waals surface area contributed by atoms with Crippen LogP contribution in [-0.2, 0) is 4.79 Å². The Labute approximate surface area is 105 Å². The van der Waals surface area contributed by atoms with Crippen molar-refractivity contribution in [3.63, 3.8) is 0 Å². The number of aromatic hydroxyl groups is 1. The fourth-order valence-electron chi connectivity index (χ4n) is 1.66. The van der Waals surface area contributed by atoms with Crippen LogP contribution in [0, 0.1) is 0 Å². The van der Waals surface area contributed by atoms with Crippen molar-refractivity contribution in [3.05, 3.63) is 60.2 Å². The summed E-state index contributed by atoms with van der Waals surface area (Å²) in [5.41, 5.74) is 1.32. The highest BCUT2D eigenvalue weighted by Crippen LogP contribution is 2.21. The van der Waals surface area contributed by atoms with Crippen LogP contribution in [-0.4, -0.2) is 16.2 Å². The van der Waals surface area contributed by atoms with Gasteiger partial charge in [-0.25, -0.2) is 4.79 Å². The average Bonchev–Trinajstić information content (AvgIpc) is 2.38. The summed E-state index contributed by atoms with van der Waals surface area (Å²) in [6.45, 7) is 0. The molecule has 0 aliphatic carbocycles. The Morgan fingerprint density at radius 2 is 1.61 bits per heavy atom. The fourth-order valence-corrected chi connectivity index (χ4v) is 1.66. The third kappa shape index (κ3) is 2.79. The zero-order chi connectivity index (χ0) is 13.0. The van der Waals surface area contributed by atoms with Crippen LogP contribution in [0.4, 0.5) is 5.69 Å². The van der Waals surface area contributed by atoms with Gasteiger partial charge in [-0.15, -0.1) is 0 Å². The highest BCUT2D eigenvalue weighted by atomic mass is 16.4. The third-order valence-electron chi connectivity index (χ3n) is 2.56. The number of hydrogen-bond acceptors (Lipinski definition) is 3. The van der Waals surface area contributed by atoms with Gasteiger partial charge in [0.05, 0.1) is 0 Å². The van der Waals surface area contributed by atoms with E-state index >= 15 is 0 Å². The van der Waals surface area contributed by atoms with Crippen LogP contribution in [0.1, 0.15) is 11.6 Å². The quantitative estimate of drug-likeness (QED) is 0.722. The summed E-state index contributed by atoms with van der Waals surface area (Å²) in [5, 5.41) is 21.3. The summed E-state index contributed by atoms with van der Waals surface area (Å²) in [6.07, 6.45) is 0. The van der Waals surface area contributed by atoms with E-state index in [-0.39, 0.29) is 5.75 Å². The molecule has 0 heterocycles. The maximum atomic E-state index is 11.3. The Kier molecular flexibility index (Phi) is 3.48. The molecule has 0 aliphatic rings. The molecule has 18 heavy (non-hydrogen) atoms. The van der Waals surface area contributed by atoms with E-state index in [1.807, 2.05) is 6.07 Å². The van der Waals surface area contributed by atoms with Gasteiger partial charge in [0.25, 0.3) is 0 Å². The summed E-state index contributed by atoms with van der Waals surface area (Å²) < 4.78 is 0. The molecule has 0 saturated carbocycles. The van der Waals surface area contributed by atoms with Crippen molar-refractivity contribution in [2.45, 2.75) is 6.04 Å². The van der Waals surface area contributed by atoms with Gasteiger partial charge in [0.2, 0.25) is 0 Å². The lowest BCUT2D eigenvalue weighted by atomic mass is 10.1. The number of carboxylic acids is 1. The fraction of sp³-hybridized carbons (Fsp3) is 0.0714. The maximum absolute atomic E-state index is 11.3. The van der Waals surface area contributed by atoms with Crippen molar-refractivity contribution in [2.75, 3.05) is 5.32 Å². The van der Waals surface area contributed by atoms with E-state index in [1.165, 1.54) is 12.1 Å². The third-order valence-corrected chi connectivity index (χ3v) is 2.56. The second kappa shape index (κ2) is 5.23. The molecule has 0 bridgehead atoms. The summed E-state index contributed by atoms with van der Waals surface area (Å²) in [5.74, 6) is -0.804. The number of carboxylic acid groups (broad SMARTS) is 1. The van der Waals surface area contributed by atoms with E-state index in [0.717, 1.165) is 0 Å². The lowest BCUT2D eigenvalue weighted by molar-refractivity contribution is -0.138. The van der Waals surface area contributed by atoms with Crippen LogP contribution in [0.15, 0.2) is 54.6 Å². The lowest BCUT2D eigenvalue weighted by Crippen LogP contribution is -2.20.